The van der Waals surface area contributed by atoms with Gasteiger partial charge in [-0.1, -0.05) is 30.3 Å². The molecule has 3 aromatic rings. The summed E-state index contributed by atoms with van der Waals surface area (Å²) in [6.45, 7) is 8.32. The van der Waals surface area contributed by atoms with Crippen LogP contribution in [0.1, 0.15) is 24.4 Å². The molecule has 2 N–H and O–H groups in total. The molecule has 1 saturated heterocycles. The first-order chi connectivity index (χ1) is 14.5. The molecule has 1 aromatic heterocycles. The third kappa shape index (κ3) is 4.61. The zero-order valence-corrected chi connectivity index (χ0v) is 17.6. The molecule has 2 atom stereocenters. The van der Waals surface area contributed by atoms with E-state index in [1.165, 1.54) is 11.3 Å². The lowest BCUT2D eigenvalue weighted by Gasteiger charge is -2.37. The Morgan fingerprint density at radius 3 is 2.53 bits per heavy atom. The van der Waals surface area contributed by atoms with Gasteiger partial charge in [0.1, 0.15) is 24.6 Å². The molecule has 0 amide bonds. The SMILES string of the molecule is Cc1ccccc1N1CCN(CC(O)COc2cccc3cc(C(C)O)oc23)CC1. The molecule has 0 aliphatic carbocycles. The molecule has 0 bridgehead atoms. The molecule has 4 rings (SSSR count). The average Bonchev–Trinajstić information content (AvgIpc) is 3.19. The Hall–Kier alpha value is -2.54. The molecule has 2 heterocycles. The lowest BCUT2D eigenvalue weighted by atomic mass is 10.1. The second kappa shape index (κ2) is 9.08. The molecule has 0 spiro atoms. The third-order valence-corrected chi connectivity index (χ3v) is 5.67. The van der Waals surface area contributed by atoms with Crippen LogP contribution in [0, 0.1) is 6.92 Å². The van der Waals surface area contributed by atoms with Crippen molar-refractivity contribution >= 4 is 16.7 Å². The van der Waals surface area contributed by atoms with Gasteiger partial charge in [-0.2, -0.15) is 0 Å². The van der Waals surface area contributed by atoms with Crippen molar-refractivity contribution in [2.45, 2.75) is 26.1 Å². The Morgan fingerprint density at radius 1 is 1.03 bits per heavy atom. The Bertz CT molecular complexity index is 976. The quantitative estimate of drug-likeness (QED) is 0.623. The van der Waals surface area contributed by atoms with Crippen LogP contribution in [0.25, 0.3) is 11.0 Å². The molecule has 30 heavy (non-hydrogen) atoms. The summed E-state index contributed by atoms with van der Waals surface area (Å²) < 4.78 is 11.6. The van der Waals surface area contributed by atoms with Crippen LogP contribution < -0.4 is 9.64 Å². The van der Waals surface area contributed by atoms with E-state index in [0.717, 1.165) is 31.6 Å². The van der Waals surface area contributed by atoms with Gasteiger partial charge in [-0.25, -0.2) is 0 Å². The van der Waals surface area contributed by atoms with Gasteiger partial charge >= 0.3 is 0 Å². The van der Waals surface area contributed by atoms with E-state index in [2.05, 4.69) is 41.0 Å². The fourth-order valence-corrected chi connectivity index (χ4v) is 4.00. The smallest absolute Gasteiger partial charge is 0.176 e. The van der Waals surface area contributed by atoms with Gasteiger partial charge < -0.3 is 24.3 Å². The van der Waals surface area contributed by atoms with Crippen LogP contribution in [0.4, 0.5) is 5.69 Å². The molecule has 0 radical (unpaired) electrons. The minimum absolute atomic E-state index is 0.196. The van der Waals surface area contributed by atoms with Crippen molar-refractivity contribution in [1.29, 1.82) is 0 Å². The van der Waals surface area contributed by atoms with E-state index in [0.29, 0.717) is 23.6 Å². The summed E-state index contributed by atoms with van der Waals surface area (Å²) in [5, 5.41) is 21.1. The zero-order chi connectivity index (χ0) is 21.1. The summed E-state index contributed by atoms with van der Waals surface area (Å²) in [4.78, 5) is 4.69. The number of benzene rings is 2. The number of aryl methyl sites for hydroxylation is 1. The van der Waals surface area contributed by atoms with Crippen LogP contribution in [-0.2, 0) is 0 Å². The number of piperazine rings is 1. The number of hydrogen-bond donors (Lipinski definition) is 2. The van der Waals surface area contributed by atoms with E-state index >= 15 is 0 Å². The Labute approximate surface area is 177 Å². The molecule has 1 fully saturated rings. The van der Waals surface area contributed by atoms with Crippen molar-refractivity contribution in [2.75, 3.05) is 44.2 Å². The van der Waals surface area contributed by atoms with Crippen LogP contribution in [-0.4, -0.2) is 60.5 Å². The van der Waals surface area contributed by atoms with Gasteiger partial charge in [0.2, 0.25) is 0 Å². The number of fused-ring (bicyclic) bond motifs is 1. The highest BCUT2D eigenvalue weighted by atomic mass is 16.5. The van der Waals surface area contributed by atoms with Gasteiger partial charge in [-0.05, 0) is 37.6 Å². The summed E-state index contributed by atoms with van der Waals surface area (Å²) in [6, 6.07) is 15.9. The molecule has 1 aliphatic rings. The van der Waals surface area contributed by atoms with E-state index in [9.17, 15) is 10.2 Å². The Balaban J connectivity index is 1.29. The van der Waals surface area contributed by atoms with Crippen LogP contribution in [0.3, 0.4) is 0 Å². The van der Waals surface area contributed by atoms with Crippen LogP contribution in [0.5, 0.6) is 5.75 Å². The molecule has 1 aliphatic heterocycles. The summed E-state index contributed by atoms with van der Waals surface area (Å²) >= 11 is 0. The van der Waals surface area contributed by atoms with Gasteiger partial charge in [0.05, 0.1) is 0 Å². The van der Waals surface area contributed by atoms with Crippen LogP contribution in [0.2, 0.25) is 0 Å². The highest BCUT2D eigenvalue weighted by Crippen LogP contribution is 2.31. The lowest BCUT2D eigenvalue weighted by molar-refractivity contribution is 0.0664. The molecule has 2 aromatic carbocycles. The van der Waals surface area contributed by atoms with E-state index < -0.39 is 12.2 Å². The van der Waals surface area contributed by atoms with E-state index in [4.69, 9.17) is 9.15 Å². The summed E-state index contributed by atoms with van der Waals surface area (Å²) in [6.07, 6.45) is -1.26. The van der Waals surface area contributed by atoms with Crippen molar-refractivity contribution in [2.24, 2.45) is 0 Å². The fourth-order valence-electron chi connectivity index (χ4n) is 4.00. The van der Waals surface area contributed by atoms with Gasteiger partial charge in [-0.3, -0.25) is 4.90 Å². The van der Waals surface area contributed by atoms with Crippen molar-refractivity contribution in [3.05, 3.63) is 59.9 Å². The van der Waals surface area contributed by atoms with Crippen molar-refractivity contribution in [3.63, 3.8) is 0 Å². The van der Waals surface area contributed by atoms with Gasteiger partial charge in [0.25, 0.3) is 0 Å². The maximum atomic E-state index is 10.5. The summed E-state index contributed by atoms with van der Waals surface area (Å²) in [5.74, 6) is 1.09. The molecule has 6 nitrogen and oxygen atoms in total. The van der Waals surface area contributed by atoms with E-state index in [-0.39, 0.29) is 6.61 Å². The number of aliphatic hydroxyl groups excluding tert-OH is 2. The maximum Gasteiger partial charge on any atom is 0.176 e. The molecule has 2 unspecified atom stereocenters. The number of ether oxygens (including phenoxy) is 1. The molecular weight excluding hydrogens is 380 g/mol. The first-order valence-corrected chi connectivity index (χ1v) is 10.6. The van der Waals surface area contributed by atoms with Gasteiger partial charge in [0, 0.05) is 43.8 Å². The molecule has 0 saturated carbocycles. The number of hydrogen-bond acceptors (Lipinski definition) is 6. The second-order valence-electron chi connectivity index (χ2n) is 8.04. The van der Waals surface area contributed by atoms with Crippen molar-refractivity contribution in [1.82, 2.24) is 4.90 Å². The van der Waals surface area contributed by atoms with Gasteiger partial charge in [0.15, 0.2) is 11.3 Å². The summed E-state index contributed by atoms with van der Waals surface area (Å²) in [5.41, 5.74) is 3.20. The number of nitrogens with zero attached hydrogens (tertiary/aromatic N) is 2. The predicted octanol–water partition coefficient (Wildman–Crippen LogP) is 3.36. The fraction of sp³-hybridized carbons (Fsp3) is 0.417. The highest BCUT2D eigenvalue weighted by molar-refractivity contribution is 5.83. The van der Waals surface area contributed by atoms with E-state index in [1.54, 1.807) is 6.92 Å². The monoisotopic (exact) mass is 410 g/mol. The van der Waals surface area contributed by atoms with Crippen molar-refractivity contribution in [3.8, 4) is 5.75 Å². The van der Waals surface area contributed by atoms with Crippen molar-refractivity contribution < 1.29 is 19.4 Å². The lowest BCUT2D eigenvalue weighted by Crippen LogP contribution is -2.49. The van der Waals surface area contributed by atoms with E-state index in [1.807, 2.05) is 24.3 Å². The Morgan fingerprint density at radius 2 is 1.80 bits per heavy atom. The maximum absolute atomic E-state index is 10.5. The summed E-state index contributed by atoms with van der Waals surface area (Å²) in [7, 11) is 0. The molecular formula is C24H30N2O4. The highest BCUT2D eigenvalue weighted by Gasteiger charge is 2.21. The van der Waals surface area contributed by atoms with Crippen LogP contribution >= 0.6 is 0 Å². The topological polar surface area (TPSA) is 69.3 Å². The standard InChI is InChI=1S/C24H30N2O4/c1-17-6-3-4-8-21(17)26-12-10-25(11-13-26)15-20(28)16-29-22-9-5-7-19-14-23(18(2)27)30-24(19)22/h3-9,14,18,20,27-28H,10-13,15-16H2,1-2H3. The first-order valence-electron chi connectivity index (χ1n) is 10.6. The molecule has 160 valence electrons. The number of furan rings is 1. The average molecular weight is 411 g/mol. The number of para-hydroxylation sites is 2. The Kier molecular flexibility index (Phi) is 6.27. The number of aliphatic hydroxyl groups is 2. The number of β-amino-alcohol motifs (C(OH)–C–C–N with tert-alkyl or cyclic N) is 1. The zero-order valence-electron chi connectivity index (χ0n) is 17.6. The predicted molar refractivity (Wildman–Crippen MR) is 118 cm³/mol. The first kappa shape index (κ1) is 20.7. The second-order valence-corrected chi connectivity index (χ2v) is 8.04. The third-order valence-electron chi connectivity index (χ3n) is 5.67. The molecule has 6 heteroatoms. The number of anilines is 1. The minimum atomic E-state index is -0.672. The normalized spacial score (nSPS) is 17.3. The number of rotatable bonds is 7. The van der Waals surface area contributed by atoms with Crippen LogP contribution in [0.15, 0.2) is 52.9 Å². The van der Waals surface area contributed by atoms with Gasteiger partial charge in [-0.15, -0.1) is 0 Å². The largest absolute Gasteiger partial charge is 0.487 e. The minimum Gasteiger partial charge on any atom is -0.487 e.